The molecule has 35 heavy (non-hydrogen) atoms. The zero-order valence-electron chi connectivity index (χ0n) is 20.1. The van der Waals surface area contributed by atoms with Crippen molar-refractivity contribution in [2.45, 2.75) is 39.4 Å². The molecule has 0 aliphatic rings. The number of rotatable bonds is 8. The summed E-state index contributed by atoms with van der Waals surface area (Å²) in [7, 11) is 1.57. The second-order valence-electron chi connectivity index (χ2n) is 8.26. The molecule has 180 valence electrons. The van der Waals surface area contributed by atoms with Gasteiger partial charge in [-0.25, -0.2) is 4.98 Å². The molecule has 0 aliphatic carbocycles. The summed E-state index contributed by atoms with van der Waals surface area (Å²) in [6.45, 7) is 4.70. The van der Waals surface area contributed by atoms with Gasteiger partial charge in [-0.3, -0.25) is 14.2 Å². The van der Waals surface area contributed by atoms with Gasteiger partial charge in [0, 0.05) is 23.7 Å². The van der Waals surface area contributed by atoms with E-state index in [9.17, 15) is 9.59 Å². The highest BCUT2D eigenvalue weighted by Crippen LogP contribution is 2.29. The lowest BCUT2D eigenvalue weighted by atomic mass is 10.1. The van der Waals surface area contributed by atoms with Crippen molar-refractivity contribution in [1.29, 1.82) is 0 Å². The van der Waals surface area contributed by atoms with E-state index in [0.717, 1.165) is 5.56 Å². The van der Waals surface area contributed by atoms with Crippen molar-refractivity contribution in [3.8, 4) is 5.75 Å². The van der Waals surface area contributed by atoms with Crippen LogP contribution in [0.25, 0.3) is 10.9 Å². The zero-order chi connectivity index (χ0) is 24.9. The van der Waals surface area contributed by atoms with E-state index in [0.29, 0.717) is 52.6 Å². The van der Waals surface area contributed by atoms with E-state index in [1.807, 2.05) is 44.2 Å². The van der Waals surface area contributed by atoms with Crippen LogP contribution >= 0.6 is 11.6 Å². The number of halogens is 1. The molecule has 1 atom stereocenters. The number of carbonyl (C=O) groups is 1. The third-order valence-corrected chi connectivity index (χ3v) is 6.33. The topological polar surface area (TPSA) is 64.4 Å². The minimum atomic E-state index is -0.440. The summed E-state index contributed by atoms with van der Waals surface area (Å²) in [5, 5.41) is 1.01. The first-order valence-corrected chi connectivity index (χ1v) is 12.0. The molecule has 1 amide bonds. The average Bonchev–Trinajstić information content (AvgIpc) is 2.88. The monoisotopic (exact) mass is 489 g/mol. The largest absolute Gasteiger partial charge is 0.497 e. The lowest BCUT2D eigenvalue weighted by molar-refractivity contribution is 0.0637. The van der Waals surface area contributed by atoms with Crippen molar-refractivity contribution >= 4 is 28.4 Å². The number of hydrogen-bond donors (Lipinski definition) is 0. The number of fused-ring (bicyclic) bond motifs is 1. The molecule has 0 saturated heterocycles. The second-order valence-corrected chi connectivity index (χ2v) is 8.69. The smallest absolute Gasteiger partial charge is 0.261 e. The molecule has 0 spiro atoms. The lowest BCUT2D eigenvalue weighted by Gasteiger charge is -2.32. The molecule has 4 rings (SSSR count). The summed E-state index contributed by atoms with van der Waals surface area (Å²) in [5.74, 6) is 0.983. The number of hydrogen-bond acceptors (Lipinski definition) is 4. The van der Waals surface area contributed by atoms with Crippen LogP contribution < -0.4 is 10.3 Å². The molecule has 0 aliphatic heterocycles. The first-order chi connectivity index (χ1) is 17.0. The molecule has 3 aromatic carbocycles. The van der Waals surface area contributed by atoms with Crippen LogP contribution in [-0.2, 0) is 13.1 Å². The fourth-order valence-corrected chi connectivity index (χ4v) is 4.51. The van der Waals surface area contributed by atoms with Crippen molar-refractivity contribution in [2.24, 2.45) is 0 Å². The van der Waals surface area contributed by atoms with Gasteiger partial charge in [0.1, 0.15) is 11.6 Å². The Morgan fingerprint density at radius 3 is 2.51 bits per heavy atom. The number of methoxy groups -OCH3 is 1. The molecule has 0 radical (unpaired) electrons. The predicted molar refractivity (Wildman–Crippen MR) is 139 cm³/mol. The Bertz CT molecular complexity index is 1400. The van der Waals surface area contributed by atoms with Crippen LogP contribution in [0.2, 0.25) is 5.02 Å². The van der Waals surface area contributed by atoms with Gasteiger partial charge >= 0.3 is 0 Å². The molecular formula is C28H28ClN3O3. The highest BCUT2D eigenvalue weighted by molar-refractivity contribution is 6.31. The van der Waals surface area contributed by atoms with E-state index in [1.165, 1.54) is 0 Å². The zero-order valence-corrected chi connectivity index (χ0v) is 20.8. The van der Waals surface area contributed by atoms with Crippen LogP contribution in [0.5, 0.6) is 5.75 Å². The van der Waals surface area contributed by atoms with Crippen molar-refractivity contribution < 1.29 is 9.53 Å². The van der Waals surface area contributed by atoms with Crippen molar-refractivity contribution in [1.82, 2.24) is 14.5 Å². The summed E-state index contributed by atoms with van der Waals surface area (Å²) >= 11 is 6.21. The maximum Gasteiger partial charge on any atom is 0.261 e. The molecule has 1 unspecified atom stereocenters. The van der Waals surface area contributed by atoms with E-state index >= 15 is 0 Å². The summed E-state index contributed by atoms with van der Waals surface area (Å²) < 4.78 is 7.00. The van der Waals surface area contributed by atoms with Gasteiger partial charge in [0.05, 0.1) is 24.1 Å². The molecule has 0 bridgehead atoms. The fraction of sp³-hybridized carbons (Fsp3) is 0.250. The predicted octanol–water partition coefficient (Wildman–Crippen LogP) is 5.87. The Labute approximate surface area is 209 Å². The molecule has 0 fully saturated rings. The van der Waals surface area contributed by atoms with Gasteiger partial charge < -0.3 is 9.64 Å². The van der Waals surface area contributed by atoms with Crippen molar-refractivity contribution in [3.05, 3.63) is 105 Å². The fourth-order valence-electron chi connectivity index (χ4n) is 4.34. The minimum absolute atomic E-state index is 0.142. The van der Waals surface area contributed by atoms with Gasteiger partial charge in [0.15, 0.2) is 0 Å². The van der Waals surface area contributed by atoms with E-state index in [-0.39, 0.29) is 11.5 Å². The molecular weight excluding hydrogens is 462 g/mol. The average molecular weight is 490 g/mol. The Morgan fingerprint density at radius 1 is 1.06 bits per heavy atom. The third-order valence-electron chi connectivity index (χ3n) is 6.10. The first-order valence-electron chi connectivity index (χ1n) is 11.7. The van der Waals surface area contributed by atoms with Crippen LogP contribution in [0, 0.1) is 0 Å². The summed E-state index contributed by atoms with van der Waals surface area (Å²) in [5.41, 5.74) is 1.87. The third kappa shape index (κ3) is 5.08. The number of nitrogens with zero attached hydrogens (tertiary/aromatic N) is 3. The molecule has 1 heterocycles. The van der Waals surface area contributed by atoms with Crippen LogP contribution in [0.15, 0.2) is 77.6 Å². The van der Waals surface area contributed by atoms with Crippen molar-refractivity contribution in [3.63, 3.8) is 0 Å². The van der Waals surface area contributed by atoms with Gasteiger partial charge in [-0.2, -0.15) is 0 Å². The molecule has 1 aromatic heterocycles. The Morgan fingerprint density at radius 2 is 1.83 bits per heavy atom. The maximum absolute atomic E-state index is 13.9. The minimum Gasteiger partial charge on any atom is -0.497 e. The van der Waals surface area contributed by atoms with Gasteiger partial charge in [-0.05, 0) is 55.3 Å². The van der Waals surface area contributed by atoms with Crippen molar-refractivity contribution in [2.75, 3.05) is 7.11 Å². The summed E-state index contributed by atoms with van der Waals surface area (Å²) in [4.78, 5) is 34.0. The molecule has 6 nitrogen and oxygen atoms in total. The normalized spacial score (nSPS) is 11.9. The second kappa shape index (κ2) is 10.7. The standard InChI is InChI=1S/C28H28ClN3O3/c1-4-25(26-30-24-17-21(29)14-15-23(24)28(34)31(26)5-2)32(18-19-10-7-6-8-11-19)27(33)20-12-9-13-22(16-20)35-3/h6-17,25H,4-5,18H2,1-3H3. The first kappa shape index (κ1) is 24.5. The number of carbonyl (C=O) groups excluding carboxylic acids is 1. The summed E-state index contributed by atoms with van der Waals surface area (Å²) in [6, 6.07) is 21.6. The Kier molecular flexibility index (Phi) is 7.51. The highest BCUT2D eigenvalue weighted by atomic mass is 35.5. The van der Waals surface area contributed by atoms with E-state index in [1.54, 1.807) is 59.0 Å². The molecule has 7 heteroatoms. The highest BCUT2D eigenvalue weighted by Gasteiger charge is 2.29. The number of benzene rings is 3. The van der Waals surface area contributed by atoms with E-state index < -0.39 is 6.04 Å². The van der Waals surface area contributed by atoms with Gasteiger partial charge in [0.25, 0.3) is 11.5 Å². The lowest BCUT2D eigenvalue weighted by Crippen LogP contribution is -2.38. The van der Waals surface area contributed by atoms with Crippen LogP contribution in [-0.4, -0.2) is 27.5 Å². The van der Waals surface area contributed by atoms with Crippen LogP contribution in [0.3, 0.4) is 0 Å². The quantitative estimate of drug-likeness (QED) is 0.310. The summed E-state index contributed by atoms with van der Waals surface area (Å²) in [6.07, 6.45) is 0.570. The maximum atomic E-state index is 13.9. The molecule has 0 N–H and O–H groups in total. The van der Waals surface area contributed by atoms with Crippen LogP contribution in [0.4, 0.5) is 0 Å². The number of ether oxygens (including phenoxy) is 1. The number of amides is 1. The van der Waals surface area contributed by atoms with Gasteiger partial charge in [-0.15, -0.1) is 0 Å². The van der Waals surface area contributed by atoms with E-state index in [4.69, 9.17) is 21.3 Å². The number of aromatic nitrogens is 2. The van der Waals surface area contributed by atoms with Crippen LogP contribution in [0.1, 0.15) is 48.1 Å². The van der Waals surface area contributed by atoms with E-state index in [2.05, 4.69) is 0 Å². The molecule has 4 aromatic rings. The van der Waals surface area contributed by atoms with Gasteiger partial charge in [0.2, 0.25) is 0 Å². The Hall–Kier alpha value is -3.64. The van der Waals surface area contributed by atoms with Gasteiger partial charge in [-0.1, -0.05) is 54.9 Å². The molecule has 0 saturated carbocycles. The SMILES string of the molecule is CCC(c1nc2cc(Cl)ccc2c(=O)n1CC)N(Cc1ccccc1)C(=O)c1cccc(OC)c1. The Balaban J connectivity index is 1.89.